The van der Waals surface area contributed by atoms with E-state index in [1.165, 1.54) is 0 Å². The predicted octanol–water partition coefficient (Wildman–Crippen LogP) is 5.37. The number of amides is 1. The quantitative estimate of drug-likeness (QED) is 0.351. The van der Waals surface area contributed by atoms with E-state index in [0.717, 1.165) is 65.2 Å². The van der Waals surface area contributed by atoms with E-state index >= 15 is 0 Å². The lowest BCUT2D eigenvalue weighted by Gasteiger charge is -2.54. The fraction of sp³-hybridized carbons (Fsp3) is 0.310. The molecule has 5 rings (SSSR count). The average Bonchev–Trinajstić information content (AvgIpc) is 2.79. The van der Waals surface area contributed by atoms with E-state index in [0.29, 0.717) is 16.9 Å². The van der Waals surface area contributed by atoms with Gasteiger partial charge in [0.1, 0.15) is 11.5 Å². The molecule has 0 aromatic heterocycles. The fourth-order valence-electron chi connectivity index (χ4n) is 5.21. The van der Waals surface area contributed by atoms with Gasteiger partial charge in [-0.15, -0.1) is 0 Å². The number of nitrogens with one attached hydrogen (secondary N) is 4. The molecule has 4 N–H and O–H groups in total. The smallest absolute Gasteiger partial charge is 0.251 e. The molecule has 6 nitrogen and oxygen atoms in total. The van der Waals surface area contributed by atoms with Crippen molar-refractivity contribution >= 4 is 17.3 Å². The van der Waals surface area contributed by atoms with Gasteiger partial charge in [-0.25, -0.2) is 0 Å². The van der Waals surface area contributed by atoms with Gasteiger partial charge in [0.05, 0.1) is 0 Å². The summed E-state index contributed by atoms with van der Waals surface area (Å²) in [5.41, 5.74) is 6.41. The van der Waals surface area contributed by atoms with Gasteiger partial charge in [0, 0.05) is 54.8 Å². The van der Waals surface area contributed by atoms with Crippen molar-refractivity contribution in [1.82, 2.24) is 10.6 Å². The van der Waals surface area contributed by atoms with Crippen LogP contribution in [0.15, 0.2) is 60.7 Å². The van der Waals surface area contributed by atoms with E-state index in [1.807, 2.05) is 68.6 Å². The molecule has 1 saturated heterocycles. The Balaban J connectivity index is 1.29. The first-order valence-electron chi connectivity index (χ1n) is 12.1. The Morgan fingerprint density at radius 2 is 1.71 bits per heavy atom. The molecule has 3 aromatic rings. The number of carbonyl (C=O) groups excluding carboxylic acids is 1. The van der Waals surface area contributed by atoms with Crippen molar-refractivity contribution in [3.8, 4) is 22.6 Å². The molecule has 3 aromatic carbocycles. The van der Waals surface area contributed by atoms with Gasteiger partial charge in [-0.1, -0.05) is 24.3 Å². The molecule has 2 aliphatic rings. The first-order valence-corrected chi connectivity index (χ1v) is 12.1. The van der Waals surface area contributed by atoms with Crippen LogP contribution in [0.1, 0.15) is 41.3 Å². The summed E-state index contributed by atoms with van der Waals surface area (Å²) < 4.78 is 6.12. The van der Waals surface area contributed by atoms with Crippen LogP contribution in [0.4, 0.5) is 5.69 Å². The van der Waals surface area contributed by atoms with Crippen molar-refractivity contribution in [1.29, 1.82) is 5.41 Å². The van der Waals surface area contributed by atoms with Gasteiger partial charge >= 0.3 is 0 Å². The summed E-state index contributed by atoms with van der Waals surface area (Å²) in [5, 5.41) is 17.6. The van der Waals surface area contributed by atoms with Gasteiger partial charge in [-0.3, -0.25) is 4.79 Å². The molecule has 180 valence electrons. The molecule has 2 fully saturated rings. The minimum Gasteiger partial charge on any atom is -0.457 e. The van der Waals surface area contributed by atoms with Gasteiger partial charge in [-0.2, -0.15) is 0 Å². The monoisotopic (exact) mass is 468 g/mol. The summed E-state index contributed by atoms with van der Waals surface area (Å²) in [6.45, 7) is 5.93. The molecule has 6 heteroatoms. The Hall–Kier alpha value is -3.64. The minimum absolute atomic E-state index is 0.0159. The molecule has 0 bridgehead atoms. The molecule has 1 spiro atoms. The lowest BCUT2D eigenvalue weighted by Crippen LogP contribution is -2.65. The minimum atomic E-state index is 0.0159. The van der Waals surface area contributed by atoms with Crippen LogP contribution in [0.25, 0.3) is 11.1 Å². The fourth-order valence-corrected chi connectivity index (χ4v) is 5.21. The Labute approximate surface area is 206 Å². The second kappa shape index (κ2) is 9.19. The lowest BCUT2D eigenvalue weighted by molar-refractivity contribution is 0.0232. The molecule has 1 amide bonds. The molecule has 35 heavy (non-hydrogen) atoms. The predicted molar refractivity (Wildman–Crippen MR) is 141 cm³/mol. The van der Waals surface area contributed by atoms with Crippen molar-refractivity contribution in [3.05, 3.63) is 77.4 Å². The van der Waals surface area contributed by atoms with Crippen LogP contribution in [0.3, 0.4) is 0 Å². The van der Waals surface area contributed by atoms with Gasteiger partial charge in [0.2, 0.25) is 0 Å². The van der Waals surface area contributed by atoms with Gasteiger partial charge in [0.15, 0.2) is 0 Å². The number of benzene rings is 3. The first kappa shape index (κ1) is 23.1. The summed E-state index contributed by atoms with van der Waals surface area (Å²) in [5.74, 6) is 1.45. The third kappa shape index (κ3) is 4.66. The zero-order chi connectivity index (χ0) is 24.6. The molecular weight excluding hydrogens is 436 g/mol. The summed E-state index contributed by atoms with van der Waals surface area (Å²) in [6, 6.07) is 19.9. The molecule has 1 heterocycles. The van der Waals surface area contributed by atoms with Crippen LogP contribution in [-0.2, 0) is 0 Å². The van der Waals surface area contributed by atoms with Crippen molar-refractivity contribution in [2.24, 2.45) is 5.41 Å². The Kier molecular flexibility index (Phi) is 6.07. The topological polar surface area (TPSA) is 86.2 Å². The van der Waals surface area contributed by atoms with E-state index in [1.54, 1.807) is 6.92 Å². The van der Waals surface area contributed by atoms with Crippen LogP contribution in [-0.4, -0.2) is 37.8 Å². The maximum Gasteiger partial charge on any atom is 0.251 e. The highest BCUT2D eigenvalue weighted by Gasteiger charge is 2.48. The SMILES string of the molecule is CNc1cc(Oc2cccc(-c3ccc(C(=O)NC4CC5(CNC5)C4)c(C)c3)c2)ccc1C(C)=N. The van der Waals surface area contributed by atoms with E-state index in [-0.39, 0.29) is 11.9 Å². The summed E-state index contributed by atoms with van der Waals surface area (Å²) in [6.07, 6.45) is 2.16. The third-order valence-electron chi connectivity index (χ3n) is 7.23. The normalized spacial score (nSPS) is 16.2. The lowest BCUT2D eigenvalue weighted by atomic mass is 9.61. The largest absolute Gasteiger partial charge is 0.457 e. The van der Waals surface area contributed by atoms with Crippen LogP contribution in [0.5, 0.6) is 11.5 Å². The first-order chi connectivity index (χ1) is 16.9. The number of carbonyl (C=O) groups is 1. The number of hydrogen-bond acceptors (Lipinski definition) is 5. The van der Waals surface area contributed by atoms with Crippen LogP contribution >= 0.6 is 0 Å². The molecule has 0 atom stereocenters. The Morgan fingerprint density at radius 1 is 1.00 bits per heavy atom. The maximum atomic E-state index is 12.8. The molecule has 1 saturated carbocycles. The average molecular weight is 469 g/mol. The molecule has 1 aliphatic heterocycles. The zero-order valence-corrected chi connectivity index (χ0v) is 20.5. The van der Waals surface area contributed by atoms with Crippen molar-refractivity contribution < 1.29 is 9.53 Å². The van der Waals surface area contributed by atoms with Crippen molar-refractivity contribution in [3.63, 3.8) is 0 Å². The number of ether oxygens (including phenoxy) is 1. The van der Waals surface area contributed by atoms with Crippen LogP contribution in [0, 0.1) is 17.7 Å². The van der Waals surface area contributed by atoms with Crippen molar-refractivity contribution in [2.75, 3.05) is 25.5 Å². The van der Waals surface area contributed by atoms with Gasteiger partial charge in [-0.05, 0) is 79.1 Å². The molecule has 0 radical (unpaired) electrons. The molecule has 1 aliphatic carbocycles. The summed E-state index contributed by atoms with van der Waals surface area (Å²) in [4.78, 5) is 12.8. The Bertz CT molecular complexity index is 1290. The van der Waals surface area contributed by atoms with Gasteiger partial charge < -0.3 is 26.1 Å². The highest BCUT2D eigenvalue weighted by molar-refractivity contribution is 6.01. The van der Waals surface area contributed by atoms with E-state index in [2.05, 4.69) is 22.0 Å². The zero-order valence-electron chi connectivity index (χ0n) is 20.5. The molecule has 0 unspecified atom stereocenters. The van der Waals surface area contributed by atoms with Crippen LogP contribution in [0.2, 0.25) is 0 Å². The number of rotatable bonds is 7. The van der Waals surface area contributed by atoms with Crippen LogP contribution < -0.4 is 20.7 Å². The number of anilines is 1. The third-order valence-corrected chi connectivity index (χ3v) is 7.23. The van der Waals surface area contributed by atoms with E-state index in [4.69, 9.17) is 10.1 Å². The number of aryl methyl sites for hydroxylation is 1. The van der Waals surface area contributed by atoms with E-state index < -0.39 is 0 Å². The second-order valence-electron chi connectivity index (χ2n) is 9.92. The highest BCUT2D eigenvalue weighted by Crippen LogP contribution is 2.44. The molecular formula is C29H32N4O2. The van der Waals surface area contributed by atoms with Crippen molar-refractivity contribution in [2.45, 2.75) is 32.7 Å². The van der Waals surface area contributed by atoms with E-state index in [9.17, 15) is 4.79 Å². The Morgan fingerprint density at radius 3 is 2.37 bits per heavy atom. The summed E-state index contributed by atoms with van der Waals surface area (Å²) >= 11 is 0. The standard InChI is InChI=1S/C29H32N4O2/c1-18-11-21(7-9-25(18)28(34)33-22-14-29(15-22)16-32-17-29)20-5-4-6-23(12-20)35-24-8-10-26(19(2)30)27(13-24)31-3/h4-13,22,30-32H,14-17H2,1-3H3,(H,33,34). The number of hydrogen-bond donors (Lipinski definition) is 4. The highest BCUT2D eigenvalue weighted by atomic mass is 16.5. The summed E-state index contributed by atoms with van der Waals surface area (Å²) in [7, 11) is 1.84. The maximum absolute atomic E-state index is 12.8. The van der Waals surface area contributed by atoms with Gasteiger partial charge in [0.25, 0.3) is 5.91 Å². The second-order valence-corrected chi connectivity index (χ2v) is 9.92.